The van der Waals surface area contributed by atoms with Crippen molar-refractivity contribution in [1.82, 2.24) is 15.5 Å². The molecule has 156 valence electrons. The Hall–Kier alpha value is -3.28. The van der Waals surface area contributed by atoms with Crippen LogP contribution < -0.4 is 5.32 Å². The molecule has 2 atom stereocenters. The van der Waals surface area contributed by atoms with Gasteiger partial charge in [0.05, 0.1) is 12.6 Å². The number of carbonyl (C=O) groups excluding carboxylic acids is 1. The number of alkyl halides is 3. The number of nitrogens with one attached hydrogen (secondary N) is 1. The molecule has 0 saturated carbocycles. The van der Waals surface area contributed by atoms with E-state index in [2.05, 4.69) is 25.0 Å². The molecule has 29 heavy (non-hydrogen) atoms. The summed E-state index contributed by atoms with van der Waals surface area (Å²) in [4.78, 5) is 30.1. The molecule has 1 amide bonds. The number of hydrogen-bond acceptors (Lipinski definition) is 7. The average molecular weight is 414 g/mol. The Balaban J connectivity index is 1.96. The van der Waals surface area contributed by atoms with Gasteiger partial charge >= 0.3 is 18.0 Å². The van der Waals surface area contributed by atoms with Crippen LogP contribution in [0.1, 0.15) is 29.6 Å². The van der Waals surface area contributed by atoms with E-state index in [1.54, 1.807) is 6.92 Å². The van der Waals surface area contributed by atoms with Crippen molar-refractivity contribution < 1.29 is 37.5 Å². The molecule has 2 unspecified atom stereocenters. The SMILES string of the molecule is CCC(O)C(N=CCNC(=O)c1ccc(-c2noc(C(F)(F)F)n2)cc1)C(=O)O. The number of amides is 1. The van der Waals surface area contributed by atoms with Crippen LogP contribution in [-0.4, -0.2) is 57.1 Å². The molecule has 0 radical (unpaired) electrons. The first-order chi connectivity index (χ1) is 13.6. The Bertz CT molecular complexity index is 880. The van der Waals surface area contributed by atoms with Gasteiger partial charge < -0.3 is 20.1 Å². The van der Waals surface area contributed by atoms with E-state index in [9.17, 15) is 27.9 Å². The van der Waals surface area contributed by atoms with Crippen LogP contribution in [0.5, 0.6) is 0 Å². The largest absolute Gasteiger partial charge is 0.480 e. The molecule has 0 aliphatic heterocycles. The summed E-state index contributed by atoms with van der Waals surface area (Å²) in [5.41, 5.74) is 0.422. The van der Waals surface area contributed by atoms with Gasteiger partial charge in [-0.05, 0) is 18.6 Å². The fraction of sp³-hybridized carbons (Fsp3) is 0.353. The van der Waals surface area contributed by atoms with Gasteiger partial charge in [0.1, 0.15) is 0 Å². The second kappa shape index (κ2) is 9.28. The normalized spacial score (nSPS) is 14.0. The van der Waals surface area contributed by atoms with E-state index < -0.39 is 36.1 Å². The topological polar surface area (TPSA) is 138 Å². The number of benzene rings is 1. The molecule has 3 N–H and O–H groups in total. The first kappa shape index (κ1) is 22.0. The number of carboxylic acids is 1. The Morgan fingerprint density at radius 2 is 1.97 bits per heavy atom. The highest BCUT2D eigenvalue weighted by Crippen LogP contribution is 2.29. The molecule has 0 aliphatic rings. The van der Waals surface area contributed by atoms with Crippen LogP contribution >= 0.6 is 0 Å². The third-order valence-corrected chi connectivity index (χ3v) is 3.73. The van der Waals surface area contributed by atoms with Gasteiger partial charge in [-0.3, -0.25) is 9.79 Å². The van der Waals surface area contributed by atoms with Gasteiger partial charge in [0.15, 0.2) is 6.04 Å². The molecule has 0 spiro atoms. The summed E-state index contributed by atoms with van der Waals surface area (Å²) in [5, 5.41) is 24.3. The van der Waals surface area contributed by atoms with Gasteiger partial charge in [-0.15, -0.1) is 0 Å². The van der Waals surface area contributed by atoms with E-state index in [-0.39, 0.29) is 29.9 Å². The summed E-state index contributed by atoms with van der Waals surface area (Å²) in [6.45, 7) is 1.53. The monoisotopic (exact) mass is 414 g/mol. The second-order valence-electron chi connectivity index (χ2n) is 5.80. The summed E-state index contributed by atoms with van der Waals surface area (Å²) in [5.74, 6) is -3.55. The minimum absolute atomic E-state index is 0.0828. The maximum atomic E-state index is 12.5. The lowest BCUT2D eigenvalue weighted by Crippen LogP contribution is -2.33. The fourth-order valence-corrected chi connectivity index (χ4v) is 2.18. The number of nitrogens with zero attached hydrogens (tertiary/aromatic N) is 3. The standard InChI is InChI=1S/C17H17F3N4O5/c1-2-11(25)12(15(27)28)21-7-8-22-14(26)10-5-3-9(4-6-10)13-23-16(29-24-13)17(18,19)20/h3-7,11-12,25H,2,8H2,1H3,(H,22,26)(H,27,28). The van der Waals surface area contributed by atoms with Gasteiger partial charge in [0.25, 0.3) is 5.91 Å². The van der Waals surface area contributed by atoms with Crippen molar-refractivity contribution >= 4 is 18.1 Å². The smallest absolute Gasteiger partial charge is 0.471 e. The summed E-state index contributed by atoms with van der Waals surface area (Å²) in [6, 6.07) is 4.09. The molecular formula is C17H17F3N4O5. The summed E-state index contributed by atoms with van der Waals surface area (Å²) in [6.07, 6.45) is -4.52. The van der Waals surface area contributed by atoms with Crippen molar-refractivity contribution in [2.24, 2.45) is 4.99 Å². The lowest BCUT2D eigenvalue weighted by Gasteiger charge is -2.12. The maximum Gasteiger partial charge on any atom is 0.471 e. The number of rotatable bonds is 8. The number of aromatic nitrogens is 2. The van der Waals surface area contributed by atoms with Gasteiger partial charge in [-0.2, -0.15) is 18.2 Å². The van der Waals surface area contributed by atoms with E-state index >= 15 is 0 Å². The minimum atomic E-state index is -4.75. The minimum Gasteiger partial charge on any atom is -0.480 e. The molecule has 0 aliphatic carbocycles. The first-order valence-corrected chi connectivity index (χ1v) is 8.35. The summed E-state index contributed by atoms with van der Waals surface area (Å²) in [7, 11) is 0. The van der Waals surface area contributed by atoms with E-state index in [1.165, 1.54) is 30.5 Å². The molecule has 2 rings (SSSR count). The molecule has 0 saturated heterocycles. The number of carboxylic acid groups (broad SMARTS) is 1. The summed E-state index contributed by atoms with van der Waals surface area (Å²) < 4.78 is 41.6. The number of carbonyl (C=O) groups is 2. The Morgan fingerprint density at radius 1 is 1.31 bits per heavy atom. The van der Waals surface area contributed by atoms with Crippen LogP contribution in [0.2, 0.25) is 0 Å². The third kappa shape index (κ3) is 5.85. The van der Waals surface area contributed by atoms with Gasteiger partial charge in [-0.1, -0.05) is 24.2 Å². The Morgan fingerprint density at radius 3 is 2.48 bits per heavy atom. The quantitative estimate of drug-likeness (QED) is 0.560. The van der Waals surface area contributed by atoms with Crippen LogP contribution in [0, 0.1) is 0 Å². The lowest BCUT2D eigenvalue weighted by atomic mass is 10.1. The van der Waals surface area contributed by atoms with Crippen molar-refractivity contribution in [3.8, 4) is 11.4 Å². The number of halogens is 3. The molecule has 9 nitrogen and oxygen atoms in total. The van der Waals surface area contributed by atoms with Crippen LogP contribution in [0.4, 0.5) is 13.2 Å². The van der Waals surface area contributed by atoms with Crippen molar-refractivity contribution in [3.63, 3.8) is 0 Å². The lowest BCUT2D eigenvalue weighted by molar-refractivity contribution is -0.159. The number of aliphatic carboxylic acids is 1. The zero-order chi connectivity index (χ0) is 21.6. The van der Waals surface area contributed by atoms with Crippen LogP contribution in [0.15, 0.2) is 33.8 Å². The highest BCUT2D eigenvalue weighted by molar-refractivity contribution is 5.95. The van der Waals surface area contributed by atoms with Crippen LogP contribution in [0.3, 0.4) is 0 Å². The van der Waals surface area contributed by atoms with E-state index in [4.69, 9.17) is 5.11 Å². The number of aliphatic hydroxyl groups is 1. The second-order valence-corrected chi connectivity index (χ2v) is 5.80. The van der Waals surface area contributed by atoms with Gasteiger partial charge in [0.2, 0.25) is 5.82 Å². The van der Waals surface area contributed by atoms with Crippen molar-refractivity contribution in [3.05, 3.63) is 35.7 Å². The van der Waals surface area contributed by atoms with Crippen molar-refractivity contribution in [2.75, 3.05) is 6.54 Å². The van der Waals surface area contributed by atoms with E-state index in [0.29, 0.717) is 0 Å². The van der Waals surface area contributed by atoms with Crippen LogP contribution in [0.25, 0.3) is 11.4 Å². The molecule has 0 fully saturated rings. The average Bonchev–Trinajstić information content (AvgIpc) is 3.17. The third-order valence-electron chi connectivity index (χ3n) is 3.73. The molecule has 1 aromatic heterocycles. The Kier molecular flexibility index (Phi) is 7.04. The summed E-state index contributed by atoms with van der Waals surface area (Å²) >= 11 is 0. The van der Waals surface area contributed by atoms with E-state index in [0.717, 1.165) is 0 Å². The fourth-order valence-electron chi connectivity index (χ4n) is 2.18. The number of hydrogen-bond donors (Lipinski definition) is 3. The van der Waals surface area contributed by atoms with Crippen molar-refractivity contribution in [2.45, 2.75) is 31.7 Å². The Labute approximate surface area is 162 Å². The molecule has 2 aromatic rings. The highest BCUT2D eigenvalue weighted by Gasteiger charge is 2.38. The molecular weight excluding hydrogens is 397 g/mol. The number of aliphatic imine (C=N–C) groups is 1. The maximum absolute atomic E-state index is 12.5. The van der Waals surface area contributed by atoms with Crippen LogP contribution in [-0.2, 0) is 11.0 Å². The highest BCUT2D eigenvalue weighted by atomic mass is 19.4. The van der Waals surface area contributed by atoms with Gasteiger partial charge in [-0.25, -0.2) is 4.79 Å². The zero-order valence-corrected chi connectivity index (χ0v) is 15.1. The predicted molar refractivity (Wildman–Crippen MR) is 93.3 cm³/mol. The van der Waals surface area contributed by atoms with Crippen molar-refractivity contribution in [1.29, 1.82) is 0 Å². The molecule has 0 bridgehead atoms. The molecule has 1 heterocycles. The first-order valence-electron chi connectivity index (χ1n) is 8.35. The van der Waals surface area contributed by atoms with Gasteiger partial charge in [0, 0.05) is 17.3 Å². The van der Waals surface area contributed by atoms with E-state index in [1.807, 2.05) is 0 Å². The zero-order valence-electron chi connectivity index (χ0n) is 15.1. The number of aliphatic hydroxyl groups excluding tert-OH is 1. The molecule has 1 aromatic carbocycles. The predicted octanol–water partition coefficient (Wildman–Crippen LogP) is 1.78. The molecule has 12 heteroatoms.